The van der Waals surface area contributed by atoms with Gasteiger partial charge in [0.25, 0.3) is 0 Å². The van der Waals surface area contributed by atoms with Crippen LogP contribution < -0.4 is 10.6 Å². The largest absolute Gasteiger partial charge is 0.210 e. The summed E-state index contributed by atoms with van der Waals surface area (Å²) < 4.78 is 0. The second kappa shape index (κ2) is 5.92. The topological polar surface area (TPSA) is 0 Å². The first-order valence-electron chi connectivity index (χ1n) is 7.32. The van der Waals surface area contributed by atoms with Crippen LogP contribution in [0, 0.1) is 0 Å². The van der Waals surface area contributed by atoms with Gasteiger partial charge in [-0.1, -0.05) is 74.5 Å². The first kappa shape index (κ1) is 14.2. The number of hydrogen-bond acceptors (Lipinski definition) is 0. The summed E-state index contributed by atoms with van der Waals surface area (Å²) in [5.74, 6) is 0. The number of benzene rings is 2. The second-order valence-electron chi connectivity index (χ2n) is 5.74. The van der Waals surface area contributed by atoms with Crippen LogP contribution in [0.3, 0.4) is 0 Å². The average molecular weight is 291 g/mol. The Hall–Kier alpha value is -1.78. The van der Waals surface area contributed by atoms with Gasteiger partial charge in [0.2, 0.25) is 0 Å². The van der Waals surface area contributed by atoms with Gasteiger partial charge in [0.1, 0.15) is 0 Å². The van der Waals surface area contributed by atoms with Crippen molar-refractivity contribution in [3.8, 4) is 0 Å². The smallest absolute Gasteiger partial charge is 0.0197 e. The van der Waals surface area contributed by atoms with Crippen LogP contribution in [-0.4, -0.2) is 0 Å². The van der Waals surface area contributed by atoms with Crippen LogP contribution >= 0.6 is 7.92 Å². The molecular weight excluding hydrogens is 271 g/mol. The molecular formula is C20H20P-. The molecule has 0 amide bonds. The number of rotatable bonds is 4. The van der Waals surface area contributed by atoms with Gasteiger partial charge < -0.3 is 0 Å². The van der Waals surface area contributed by atoms with Gasteiger partial charge in [0.15, 0.2) is 0 Å². The lowest BCUT2D eigenvalue weighted by molar-refractivity contribution is 0.775. The van der Waals surface area contributed by atoms with E-state index in [1.54, 1.807) is 0 Å². The first-order valence-corrected chi connectivity index (χ1v) is 8.66. The van der Waals surface area contributed by atoms with Gasteiger partial charge in [-0.3, -0.25) is 0 Å². The van der Waals surface area contributed by atoms with E-state index in [1.165, 1.54) is 16.2 Å². The summed E-state index contributed by atoms with van der Waals surface area (Å²) in [5, 5.41) is 2.98. The Bertz CT molecular complexity index is 627. The minimum absolute atomic E-state index is 0.113. The van der Waals surface area contributed by atoms with Crippen LogP contribution in [0.4, 0.5) is 0 Å². The predicted molar refractivity (Wildman–Crippen MR) is 94.1 cm³/mol. The molecule has 0 aliphatic rings. The summed E-state index contributed by atoms with van der Waals surface area (Å²) in [6, 6.07) is 30.6. The molecule has 0 bridgehead atoms. The Morgan fingerprint density at radius 2 is 1.29 bits per heavy atom. The minimum Gasteiger partial charge on any atom is -0.210 e. The van der Waals surface area contributed by atoms with E-state index in [-0.39, 0.29) is 5.16 Å². The molecule has 3 aromatic carbocycles. The third-order valence-electron chi connectivity index (χ3n) is 3.96. The standard InChI is InChI=1S/C20H20P/c1-20(2,17-11-9-10-12-17)21(18-13-5-3-6-14-18)19-15-7-4-8-16-19/h3-16H,1-2H3/q-1. The predicted octanol–water partition coefficient (Wildman–Crippen LogP) is 4.77. The fourth-order valence-electron chi connectivity index (χ4n) is 2.86. The van der Waals surface area contributed by atoms with E-state index in [0.717, 1.165) is 0 Å². The maximum atomic E-state index is 2.37. The summed E-state index contributed by atoms with van der Waals surface area (Å²) >= 11 is 0. The van der Waals surface area contributed by atoms with Crippen molar-refractivity contribution in [2.24, 2.45) is 0 Å². The minimum atomic E-state index is -0.445. The highest BCUT2D eigenvalue weighted by Gasteiger charge is 2.29. The highest BCUT2D eigenvalue weighted by atomic mass is 31.1. The molecule has 0 aliphatic carbocycles. The molecule has 106 valence electrons. The van der Waals surface area contributed by atoms with Crippen molar-refractivity contribution in [2.45, 2.75) is 19.0 Å². The molecule has 0 radical (unpaired) electrons. The highest BCUT2D eigenvalue weighted by molar-refractivity contribution is 7.74. The Labute approximate surface area is 128 Å². The number of hydrogen-bond donors (Lipinski definition) is 0. The zero-order valence-electron chi connectivity index (χ0n) is 12.5. The van der Waals surface area contributed by atoms with Crippen LogP contribution in [0.1, 0.15) is 19.4 Å². The zero-order valence-corrected chi connectivity index (χ0v) is 13.4. The van der Waals surface area contributed by atoms with Gasteiger partial charge >= 0.3 is 0 Å². The Balaban J connectivity index is 2.13. The summed E-state index contributed by atoms with van der Waals surface area (Å²) in [6.07, 6.45) is 0. The van der Waals surface area contributed by atoms with Crippen molar-refractivity contribution in [2.75, 3.05) is 0 Å². The molecule has 1 heteroatoms. The molecule has 0 aliphatic heterocycles. The van der Waals surface area contributed by atoms with Gasteiger partial charge in [-0.05, 0) is 23.7 Å². The molecule has 0 saturated carbocycles. The van der Waals surface area contributed by atoms with Crippen molar-refractivity contribution >= 4 is 18.5 Å². The van der Waals surface area contributed by atoms with Gasteiger partial charge in [0.05, 0.1) is 0 Å². The third kappa shape index (κ3) is 2.82. The Kier molecular flexibility index (Phi) is 3.99. The van der Waals surface area contributed by atoms with Crippen LogP contribution in [0.25, 0.3) is 0 Å². The fourth-order valence-corrected chi connectivity index (χ4v) is 5.80. The molecule has 21 heavy (non-hydrogen) atoms. The molecule has 3 rings (SSSR count). The van der Waals surface area contributed by atoms with Crippen LogP contribution in [0.5, 0.6) is 0 Å². The monoisotopic (exact) mass is 291 g/mol. The average Bonchev–Trinajstić information content (AvgIpc) is 3.04. The summed E-state index contributed by atoms with van der Waals surface area (Å²) in [4.78, 5) is 0. The Morgan fingerprint density at radius 3 is 1.71 bits per heavy atom. The summed E-state index contributed by atoms with van der Waals surface area (Å²) in [7, 11) is -0.445. The summed E-state index contributed by atoms with van der Waals surface area (Å²) in [6.45, 7) is 4.74. The van der Waals surface area contributed by atoms with Crippen molar-refractivity contribution in [3.63, 3.8) is 0 Å². The molecule has 0 unspecified atom stereocenters. The lowest BCUT2D eigenvalue weighted by Crippen LogP contribution is -2.27. The molecule has 0 N–H and O–H groups in total. The second-order valence-corrected chi connectivity index (χ2v) is 8.56. The SMILES string of the molecule is CC(C)(c1cc[cH-]c1)P(c1ccccc1)c1ccccc1. The third-order valence-corrected chi connectivity index (χ3v) is 6.96. The van der Waals surface area contributed by atoms with Gasteiger partial charge in [-0.15, -0.1) is 0 Å². The van der Waals surface area contributed by atoms with Crippen LogP contribution in [0.2, 0.25) is 0 Å². The molecule has 0 aromatic heterocycles. The van der Waals surface area contributed by atoms with E-state index in [0.29, 0.717) is 0 Å². The fraction of sp³-hybridized carbons (Fsp3) is 0.150. The molecule has 0 atom stereocenters. The Morgan fingerprint density at radius 1 is 0.762 bits per heavy atom. The van der Waals surface area contributed by atoms with Crippen molar-refractivity contribution in [3.05, 3.63) is 90.5 Å². The van der Waals surface area contributed by atoms with Crippen molar-refractivity contribution in [1.29, 1.82) is 0 Å². The van der Waals surface area contributed by atoms with E-state index < -0.39 is 7.92 Å². The van der Waals surface area contributed by atoms with E-state index in [2.05, 4.69) is 98.8 Å². The van der Waals surface area contributed by atoms with E-state index in [4.69, 9.17) is 0 Å². The molecule has 3 aromatic rings. The van der Waals surface area contributed by atoms with E-state index >= 15 is 0 Å². The normalized spacial score (nSPS) is 11.8. The van der Waals surface area contributed by atoms with Gasteiger partial charge in [0, 0.05) is 0 Å². The molecule has 0 nitrogen and oxygen atoms in total. The molecule has 0 heterocycles. The molecule has 0 spiro atoms. The maximum Gasteiger partial charge on any atom is -0.0197 e. The van der Waals surface area contributed by atoms with Gasteiger partial charge in [-0.25, -0.2) is 6.07 Å². The molecule has 0 saturated heterocycles. The van der Waals surface area contributed by atoms with E-state index in [9.17, 15) is 0 Å². The van der Waals surface area contributed by atoms with Crippen molar-refractivity contribution in [1.82, 2.24) is 0 Å². The molecule has 0 fully saturated rings. The lowest BCUT2D eigenvalue weighted by Gasteiger charge is -2.40. The van der Waals surface area contributed by atoms with Crippen LogP contribution in [-0.2, 0) is 5.16 Å². The van der Waals surface area contributed by atoms with E-state index in [1.807, 2.05) is 0 Å². The summed E-state index contributed by atoms with van der Waals surface area (Å²) in [5.41, 5.74) is 1.42. The van der Waals surface area contributed by atoms with Crippen LogP contribution in [0.15, 0.2) is 84.9 Å². The maximum absolute atomic E-state index is 2.37. The zero-order chi connectivity index (χ0) is 14.7. The van der Waals surface area contributed by atoms with Gasteiger partial charge in [-0.2, -0.15) is 23.8 Å². The quantitative estimate of drug-likeness (QED) is 0.479. The lowest BCUT2D eigenvalue weighted by atomic mass is 10.1. The highest BCUT2D eigenvalue weighted by Crippen LogP contribution is 2.54. The first-order chi connectivity index (χ1) is 10.2. The van der Waals surface area contributed by atoms with Crippen molar-refractivity contribution < 1.29 is 0 Å².